The summed E-state index contributed by atoms with van der Waals surface area (Å²) in [4.78, 5) is 26.2. The molecule has 1 amide bonds. The van der Waals surface area contributed by atoms with Gasteiger partial charge in [0.25, 0.3) is 0 Å². The molecule has 0 bridgehead atoms. The number of imidazole rings is 1. The van der Waals surface area contributed by atoms with Crippen molar-refractivity contribution in [1.82, 2.24) is 14.9 Å². The largest absolute Gasteiger partial charge is 0.393 e. The van der Waals surface area contributed by atoms with Crippen LogP contribution in [-0.2, 0) is 4.79 Å². The van der Waals surface area contributed by atoms with Crippen LogP contribution in [0.4, 0.5) is 0 Å². The van der Waals surface area contributed by atoms with Crippen molar-refractivity contribution in [2.75, 3.05) is 6.54 Å². The average Bonchev–Trinajstić information content (AvgIpc) is 3.76. The Balaban J connectivity index is 1.15. The zero-order valence-corrected chi connectivity index (χ0v) is 29.5. The summed E-state index contributed by atoms with van der Waals surface area (Å²) in [5.41, 5.74) is 3.77. The minimum Gasteiger partial charge on any atom is -0.393 e. The number of carbonyl (C=O) groups is 1. The summed E-state index contributed by atoms with van der Waals surface area (Å²) in [5, 5.41) is 11.1. The molecule has 5 aliphatic carbocycles. The number of allylic oxidation sites excluding steroid dienone is 1. The second kappa shape index (κ2) is 10.2. The van der Waals surface area contributed by atoms with Crippen LogP contribution in [0.5, 0.6) is 0 Å². The van der Waals surface area contributed by atoms with E-state index >= 15 is 4.79 Å². The number of amides is 1. The summed E-state index contributed by atoms with van der Waals surface area (Å²) in [6.45, 7) is 20.4. The SMILES string of the molecule is C=C(C)[C@@H]1CC[C@]2(C(=O)N3CCC[C@H]3c3nc4ccccc4[nH]3)CC[C@]3(C)[C@H](CC[C@@H]4[C@@]5(C)CC[C@H](O)C(C)(C)[C@@H]5CC[C@]43C)[C@@H]12. The van der Waals surface area contributed by atoms with Gasteiger partial charge in [-0.25, -0.2) is 4.98 Å². The molecule has 11 atom stereocenters. The number of aromatic nitrogens is 2. The molecule has 2 heterocycles. The number of hydrogen-bond acceptors (Lipinski definition) is 3. The van der Waals surface area contributed by atoms with Crippen molar-refractivity contribution in [3.05, 3.63) is 42.2 Å². The number of nitrogens with one attached hydrogen (secondary N) is 1. The van der Waals surface area contributed by atoms with Gasteiger partial charge in [0.15, 0.2) is 0 Å². The van der Waals surface area contributed by atoms with Gasteiger partial charge in [-0.15, -0.1) is 0 Å². The molecule has 1 aliphatic heterocycles. The third-order valence-corrected chi connectivity index (χ3v) is 16.7. The van der Waals surface area contributed by atoms with Crippen molar-refractivity contribution in [2.45, 2.75) is 131 Å². The summed E-state index contributed by atoms with van der Waals surface area (Å²) in [7, 11) is 0. The maximum atomic E-state index is 15.3. The highest BCUT2D eigenvalue weighted by molar-refractivity contribution is 5.85. The molecule has 250 valence electrons. The fourth-order valence-electron chi connectivity index (χ4n) is 14.2. The number of hydrogen-bond donors (Lipinski definition) is 2. The Morgan fingerprint density at radius 1 is 0.913 bits per heavy atom. The van der Waals surface area contributed by atoms with Gasteiger partial charge in [0.1, 0.15) is 5.82 Å². The van der Waals surface area contributed by atoms with E-state index in [1.165, 1.54) is 31.3 Å². The highest BCUT2D eigenvalue weighted by Crippen LogP contribution is 2.77. The molecule has 2 N–H and O–H groups in total. The quantitative estimate of drug-likeness (QED) is 0.334. The van der Waals surface area contributed by atoms with Gasteiger partial charge in [-0.3, -0.25) is 4.79 Å². The molecule has 5 nitrogen and oxygen atoms in total. The Hall–Kier alpha value is -2.14. The van der Waals surface area contributed by atoms with E-state index in [0.29, 0.717) is 35.5 Å². The summed E-state index contributed by atoms with van der Waals surface area (Å²) in [6, 6.07) is 8.31. The minimum atomic E-state index is -0.288. The van der Waals surface area contributed by atoms with Gasteiger partial charge in [0.2, 0.25) is 5.91 Å². The topological polar surface area (TPSA) is 69.2 Å². The van der Waals surface area contributed by atoms with E-state index < -0.39 is 0 Å². The van der Waals surface area contributed by atoms with Crippen LogP contribution >= 0.6 is 0 Å². The van der Waals surface area contributed by atoms with E-state index in [2.05, 4.69) is 76.2 Å². The van der Waals surface area contributed by atoms with E-state index in [1.807, 2.05) is 6.07 Å². The van der Waals surface area contributed by atoms with E-state index in [4.69, 9.17) is 4.98 Å². The van der Waals surface area contributed by atoms with Gasteiger partial charge >= 0.3 is 0 Å². The lowest BCUT2D eigenvalue weighted by Crippen LogP contribution is -2.67. The summed E-state index contributed by atoms with van der Waals surface area (Å²) in [6.07, 6.45) is 13.2. The average molecular weight is 626 g/mol. The van der Waals surface area contributed by atoms with Crippen LogP contribution in [0.1, 0.15) is 130 Å². The first-order chi connectivity index (χ1) is 21.8. The van der Waals surface area contributed by atoms with Gasteiger partial charge in [0.05, 0.1) is 28.6 Å². The molecular formula is C41H59N3O2. The molecule has 1 aromatic heterocycles. The second-order valence-electron chi connectivity index (χ2n) is 18.5. The molecule has 46 heavy (non-hydrogen) atoms. The minimum absolute atomic E-state index is 0.0250. The lowest BCUT2D eigenvalue weighted by atomic mass is 9.32. The van der Waals surface area contributed by atoms with E-state index in [-0.39, 0.29) is 39.2 Å². The standard InChI is InChI=1S/C41H59N3O2/c1-25(2)26-16-21-41(36(46)44-24-10-13-30(44)35-42-28-11-8-9-12-29(28)43-35)23-22-39(6)27(34(26)41)14-15-32-38(5)19-18-33(45)37(3,4)31(38)17-20-40(32,39)7/h8-9,11-12,26-27,30-34,45H,1,10,13-24H2,2-7H3,(H,42,43)/t26-,27+,30-,31-,32+,33-,34+,38-,39+,40+,41-/m0/s1. The maximum Gasteiger partial charge on any atom is 0.229 e. The van der Waals surface area contributed by atoms with Crippen LogP contribution in [0.3, 0.4) is 0 Å². The predicted octanol–water partition coefficient (Wildman–Crippen LogP) is 9.24. The number of likely N-dealkylation sites (tertiary alicyclic amines) is 1. The van der Waals surface area contributed by atoms with E-state index in [0.717, 1.165) is 74.8 Å². The Morgan fingerprint density at radius 2 is 1.70 bits per heavy atom. The third-order valence-electron chi connectivity index (χ3n) is 16.7. The number of aromatic amines is 1. The summed E-state index contributed by atoms with van der Waals surface area (Å²) >= 11 is 0. The smallest absolute Gasteiger partial charge is 0.229 e. The van der Waals surface area contributed by atoms with Gasteiger partial charge in [-0.2, -0.15) is 0 Å². The van der Waals surface area contributed by atoms with Crippen LogP contribution in [0, 0.1) is 56.7 Å². The summed E-state index contributed by atoms with van der Waals surface area (Å²) < 4.78 is 0. The number of rotatable bonds is 3. The Bertz CT molecular complexity index is 1530. The van der Waals surface area contributed by atoms with Crippen molar-refractivity contribution in [3.8, 4) is 0 Å². The zero-order chi connectivity index (χ0) is 32.4. The zero-order valence-electron chi connectivity index (χ0n) is 29.5. The molecule has 0 unspecified atom stereocenters. The number of carbonyl (C=O) groups excluding carboxylic acids is 1. The van der Waals surface area contributed by atoms with E-state index in [9.17, 15) is 5.11 Å². The Labute approximate surface area is 277 Å². The number of nitrogens with zero attached hydrogens (tertiary/aromatic N) is 2. The van der Waals surface area contributed by atoms with Crippen molar-refractivity contribution in [1.29, 1.82) is 0 Å². The normalized spacial score (nSPS) is 46.3. The second-order valence-corrected chi connectivity index (χ2v) is 18.5. The third kappa shape index (κ3) is 3.90. The molecule has 1 aromatic carbocycles. The lowest BCUT2D eigenvalue weighted by molar-refractivity contribution is -0.247. The first kappa shape index (κ1) is 31.1. The number of fused-ring (bicyclic) bond motifs is 8. The van der Waals surface area contributed by atoms with Crippen LogP contribution in [0.2, 0.25) is 0 Å². The molecule has 1 saturated heterocycles. The lowest BCUT2D eigenvalue weighted by Gasteiger charge is -2.73. The molecule has 0 spiro atoms. The van der Waals surface area contributed by atoms with Gasteiger partial charge in [-0.1, -0.05) is 58.9 Å². The van der Waals surface area contributed by atoms with Crippen molar-refractivity contribution in [3.63, 3.8) is 0 Å². The molecular weight excluding hydrogens is 566 g/mol. The monoisotopic (exact) mass is 625 g/mol. The van der Waals surface area contributed by atoms with Crippen LogP contribution < -0.4 is 0 Å². The molecule has 6 aliphatic rings. The molecule has 5 heteroatoms. The molecule has 5 saturated carbocycles. The summed E-state index contributed by atoms with van der Waals surface area (Å²) in [5.74, 6) is 4.00. The van der Waals surface area contributed by atoms with Gasteiger partial charge in [-0.05, 0) is 147 Å². The predicted molar refractivity (Wildman–Crippen MR) is 185 cm³/mol. The number of H-pyrrole nitrogens is 1. The highest BCUT2D eigenvalue weighted by atomic mass is 16.3. The van der Waals surface area contributed by atoms with Crippen molar-refractivity contribution >= 4 is 16.9 Å². The highest BCUT2D eigenvalue weighted by Gasteiger charge is 2.72. The van der Waals surface area contributed by atoms with Crippen molar-refractivity contribution in [2.24, 2.45) is 56.7 Å². The maximum absolute atomic E-state index is 15.3. The first-order valence-corrected chi connectivity index (χ1v) is 18.9. The first-order valence-electron chi connectivity index (χ1n) is 18.9. The van der Waals surface area contributed by atoms with Gasteiger partial charge < -0.3 is 15.0 Å². The fraction of sp³-hybridized carbons (Fsp3) is 0.756. The molecule has 0 radical (unpaired) electrons. The Kier molecular flexibility index (Phi) is 6.90. The molecule has 2 aromatic rings. The molecule has 6 fully saturated rings. The van der Waals surface area contributed by atoms with Crippen molar-refractivity contribution < 1.29 is 9.90 Å². The fourth-order valence-corrected chi connectivity index (χ4v) is 14.2. The van der Waals surface area contributed by atoms with Gasteiger partial charge in [0, 0.05) is 6.54 Å². The number of aliphatic hydroxyl groups is 1. The van der Waals surface area contributed by atoms with E-state index in [1.54, 1.807) is 0 Å². The number of aliphatic hydroxyl groups excluding tert-OH is 1. The van der Waals surface area contributed by atoms with Crippen LogP contribution in [0.15, 0.2) is 36.4 Å². The number of benzene rings is 1. The van der Waals surface area contributed by atoms with Crippen LogP contribution in [0.25, 0.3) is 11.0 Å². The molecule has 8 rings (SSSR count). The number of para-hydroxylation sites is 2. The van der Waals surface area contributed by atoms with Crippen LogP contribution in [-0.4, -0.2) is 38.5 Å². The Morgan fingerprint density at radius 3 is 2.46 bits per heavy atom.